The van der Waals surface area contributed by atoms with E-state index in [0.29, 0.717) is 24.6 Å². The Hall–Kier alpha value is -2.56. The number of hydrogen-bond donors (Lipinski definition) is 0. The molecule has 110 valence electrons. The SMILES string of the molecule is CCOc1ccc(N(N=O)c2ccc(OCC)cc2)cc1. The van der Waals surface area contributed by atoms with Gasteiger partial charge in [0.15, 0.2) is 0 Å². The summed E-state index contributed by atoms with van der Waals surface area (Å²) in [6.45, 7) is 5.06. The Bertz CT molecular complexity index is 518. The Balaban J connectivity index is 2.20. The van der Waals surface area contributed by atoms with Crippen LogP contribution in [-0.4, -0.2) is 13.2 Å². The summed E-state index contributed by atoms with van der Waals surface area (Å²) in [5.41, 5.74) is 1.36. The zero-order chi connectivity index (χ0) is 15.1. The van der Waals surface area contributed by atoms with Gasteiger partial charge in [0, 0.05) is 0 Å². The molecule has 0 N–H and O–H groups in total. The van der Waals surface area contributed by atoms with E-state index in [9.17, 15) is 4.91 Å². The summed E-state index contributed by atoms with van der Waals surface area (Å²) in [6.07, 6.45) is 0. The topological polar surface area (TPSA) is 51.1 Å². The second kappa shape index (κ2) is 7.28. The van der Waals surface area contributed by atoms with Gasteiger partial charge in [0.05, 0.1) is 29.9 Å². The molecular weight excluding hydrogens is 268 g/mol. The van der Waals surface area contributed by atoms with Gasteiger partial charge >= 0.3 is 0 Å². The minimum Gasteiger partial charge on any atom is -0.494 e. The Morgan fingerprint density at radius 2 is 1.19 bits per heavy atom. The van der Waals surface area contributed by atoms with Gasteiger partial charge in [-0.05, 0) is 62.4 Å². The third-order valence-corrected chi connectivity index (χ3v) is 2.87. The van der Waals surface area contributed by atoms with Gasteiger partial charge in [0.2, 0.25) is 0 Å². The summed E-state index contributed by atoms with van der Waals surface area (Å²) in [5.74, 6) is 1.53. The van der Waals surface area contributed by atoms with Gasteiger partial charge in [-0.25, -0.2) is 0 Å². The number of rotatable bonds is 7. The molecule has 0 radical (unpaired) electrons. The van der Waals surface area contributed by atoms with Crippen molar-refractivity contribution in [3.05, 3.63) is 53.4 Å². The van der Waals surface area contributed by atoms with Crippen molar-refractivity contribution < 1.29 is 9.47 Å². The van der Waals surface area contributed by atoms with E-state index in [1.165, 1.54) is 5.01 Å². The molecule has 2 rings (SSSR count). The lowest BCUT2D eigenvalue weighted by Gasteiger charge is -2.16. The number of benzene rings is 2. The third-order valence-electron chi connectivity index (χ3n) is 2.87. The van der Waals surface area contributed by atoms with Crippen LogP contribution in [0.2, 0.25) is 0 Å². The van der Waals surface area contributed by atoms with Crippen LogP contribution >= 0.6 is 0 Å². The Labute approximate surface area is 124 Å². The van der Waals surface area contributed by atoms with Gasteiger partial charge in [-0.1, -0.05) is 0 Å². The summed E-state index contributed by atoms with van der Waals surface area (Å²) >= 11 is 0. The molecule has 0 aromatic heterocycles. The molecule has 0 saturated heterocycles. The van der Waals surface area contributed by atoms with Crippen molar-refractivity contribution in [3.8, 4) is 11.5 Å². The Kier molecular flexibility index (Phi) is 5.15. The highest BCUT2D eigenvalue weighted by Gasteiger charge is 2.10. The summed E-state index contributed by atoms with van der Waals surface area (Å²) in [6, 6.07) is 14.4. The van der Waals surface area contributed by atoms with Gasteiger partial charge < -0.3 is 9.47 Å². The molecule has 0 unspecified atom stereocenters. The normalized spacial score (nSPS) is 10.0. The monoisotopic (exact) mass is 286 g/mol. The molecular formula is C16H18N2O3. The maximum absolute atomic E-state index is 11.1. The zero-order valence-electron chi connectivity index (χ0n) is 12.2. The second-order valence-corrected chi connectivity index (χ2v) is 4.25. The number of nitrogens with zero attached hydrogens (tertiary/aromatic N) is 2. The summed E-state index contributed by atoms with van der Waals surface area (Å²) in [5, 5.41) is 4.41. The van der Waals surface area contributed by atoms with Crippen LogP contribution < -0.4 is 14.5 Å². The lowest BCUT2D eigenvalue weighted by Crippen LogP contribution is -2.07. The van der Waals surface area contributed by atoms with Crippen molar-refractivity contribution in [3.63, 3.8) is 0 Å². The van der Waals surface area contributed by atoms with Crippen LogP contribution in [0.5, 0.6) is 11.5 Å². The first-order valence-electron chi connectivity index (χ1n) is 6.87. The molecule has 0 bridgehead atoms. The predicted octanol–water partition coefficient (Wildman–Crippen LogP) is 4.30. The fourth-order valence-electron chi connectivity index (χ4n) is 1.94. The first-order valence-corrected chi connectivity index (χ1v) is 6.87. The van der Waals surface area contributed by atoms with E-state index in [1.807, 2.05) is 38.1 Å². The second-order valence-electron chi connectivity index (χ2n) is 4.25. The number of nitroso groups, excluding NO2 is 1. The summed E-state index contributed by atoms with van der Waals surface area (Å²) in [7, 11) is 0. The molecule has 5 heteroatoms. The first kappa shape index (κ1) is 14.8. The highest BCUT2D eigenvalue weighted by molar-refractivity contribution is 5.63. The van der Waals surface area contributed by atoms with Crippen molar-refractivity contribution in [1.82, 2.24) is 0 Å². The summed E-state index contributed by atoms with van der Waals surface area (Å²) < 4.78 is 10.8. The van der Waals surface area contributed by atoms with E-state index in [1.54, 1.807) is 24.3 Å². The first-order chi connectivity index (χ1) is 10.3. The largest absolute Gasteiger partial charge is 0.494 e. The maximum Gasteiger partial charge on any atom is 0.119 e. The fourth-order valence-corrected chi connectivity index (χ4v) is 1.94. The van der Waals surface area contributed by atoms with Gasteiger partial charge in [0.1, 0.15) is 11.5 Å². The lowest BCUT2D eigenvalue weighted by atomic mass is 10.2. The highest BCUT2D eigenvalue weighted by Crippen LogP contribution is 2.28. The molecule has 0 heterocycles. The van der Waals surface area contributed by atoms with E-state index in [4.69, 9.17) is 9.47 Å². The van der Waals surface area contributed by atoms with Crippen molar-refractivity contribution in [2.24, 2.45) is 5.29 Å². The van der Waals surface area contributed by atoms with Crippen LogP contribution in [0, 0.1) is 4.91 Å². The smallest absolute Gasteiger partial charge is 0.119 e. The van der Waals surface area contributed by atoms with Crippen molar-refractivity contribution in [1.29, 1.82) is 0 Å². The van der Waals surface area contributed by atoms with Crippen LogP contribution in [0.25, 0.3) is 0 Å². The average molecular weight is 286 g/mol. The molecule has 2 aromatic carbocycles. The molecule has 0 amide bonds. The van der Waals surface area contributed by atoms with Crippen molar-refractivity contribution >= 4 is 11.4 Å². The molecule has 0 atom stereocenters. The molecule has 5 nitrogen and oxygen atoms in total. The standard InChI is InChI=1S/C16H18N2O3/c1-3-20-15-9-5-13(6-10-15)18(17-19)14-7-11-16(12-8-14)21-4-2/h5-12H,3-4H2,1-2H3. The minimum atomic E-state index is 0.605. The van der Waals surface area contributed by atoms with Crippen molar-refractivity contribution in [2.75, 3.05) is 18.2 Å². The lowest BCUT2D eigenvalue weighted by molar-refractivity contribution is 0.340. The van der Waals surface area contributed by atoms with Crippen LogP contribution in [0.3, 0.4) is 0 Å². The summed E-state index contributed by atoms with van der Waals surface area (Å²) in [4.78, 5) is 11.1. The molecule has 0 aliphatic heterocycles. The van der Waals surface area contributed by atoms with Gasteiger partial charge in [-0.15, -0.1) is 4.91 Å². The number of anilines is 2. The number of hydrogen-bond acceptors (Lipinski definition) is 4. The van der Waals surface area contributed by atoms with Crippen LogP contribution in [0.4, 0.5) is 11.4 Å². The third kappa shape index (κ3) is 3.72. The molecule has 0 aliphatic carbocycles. The molecule has 0 aliphatic rings. The van der Waals surface area contributed by atoms with Gasteiger partial charge in [-0.2, -0.15) is 5.01 Å². The predicted molar refractivity (Wildman–Crippen MR) is 83.2 cm³/mol. The van der Waals surface area contributed by atoms with Crippen molar-refractivity contribution in [2.45, 2.75) is 13.8 Å². The molecule has 2 aromatic rings. The fraction of sp³-hybridized carbons (Fsp3) is 0.250. The van der Waals surface area contributed by atoms with Crippen LogP contribution in [0.15, 0.2) is 53.8 Å². The quantitative estimate of drug-likeness (QED) is 0.562. The Morgan fingerprint density at radius 1 is 0.810 bits per heavy atom. The van der Waals surface area contributed by atoms with E-state index < -0.39 is 0 Å². The highest BCUT2D eigenvalue weighted by atomic mass is 16.5. The average Bonchev–Trinajstić information content (AvgIpc) is 2.52. The molecule has 0 fully saturated rings. The van der Waals surface area contributed by atoms with E-state index in [0.717, 1.165) is 11.5 Å². The Morgan fingerprint density at radius 3 is 1.48 bits per heavy atom. The van der Waals surface area contributed by atoms with E-state index in [-0.39, 0.29) is 0 Å². The maximum atomic E-state index is 11.1. The number of ether oxygens (including phenoxy) is 2. The van der Waals surface area contributed by atoms with Gasteiger partial charge in [-0.3, -0.25) is 0 Å². The molecule has 0 saturated carbocycles. The van der Waals surface area contributed by atoms with E-state index in [2.05, 4.69) is 5.29 Å². The van der Waals surface area contributed by atoms with Crippen LogP contribution in [-0.2, 0) is 0 Å². The van der Waals surface area contributed by atoms with E-state index >= 15 is 0 Å². The minimum absolute atomic E-state index is 0.605. The van der Waals surface area contributed by atoms with Gasteiger partial charge in [0.25, 0.3) is 0 Å². The molecule has 21 heavy (non-hydrogen) atoms. The molecule has 0 spiro atoms. The zero-order valence-corrected chi connectivity index (χ0v) is 12.2. The van der Waals surface area contributed by atoms with Crippen LogP contribution in [0.1, 0.15) is 13.8 Å².